The van der Waals surface area contributed by atoms with Crippen molar-refractivity contribution in [1.82, 2.24) is 25.5 Å². The van der Waals surface area contributed by atoms with Crippen molar-refractivity contribution in [2.75, 3.05) is 19.7 Å². The second-order valence-electron chi connectivity index (χ2n) is 4.62. The highest BCUT2D eigenvalue weighted by Gasteiger charge is 2.43. The zero-order valence-electron chi connectivity index (χ0n) is 8.81. The molecule has 1 aromatic rings. The van der Waals surface area contributed by atoms with E-state index in [4.69, 9.17) is 4.74 Å². The van der Waals surface area contributed by atoms with Crippen LogP contribution in [0.25, 0.3) is 0 Å². The van der Waals surface area contributed by atoms with Gasteiger partial charge in [0.2, 0.25) is 5.82 Å². The molecule has 82 valence electrons. The molecule has 0 spiro atoms. The predicted octanol–water partition coefficient (Wildman–Crippen LogP) is 0.125. The number of aromatic amines is 1. The fourth-order valence-electron chi connectivity index (χ4n) is 2.55. The molecule has 2 saturated heterocycles. The minimum atomic E-state index is -0.0186. The molecular formula is C9H15N5O. The molecule has 1 aromatic heterocycles. The fraction of sp³-hybridized carbons (Fsp3) is 0.889. The van der Waals surface area contributed by atoms with E-state index < -0.39 is 0 Å². The van der Waals surface area contributed by atoms with E-state index in [0.717, 1.165) is 19.7 Å². The Labute approximate surface area is 88.0 Å². The summed E-state index contributed by atoms with van der Waals surface area (Å²) in [5.41, 5.74) is 0.236. The number of H-pyrrole nitrogens is 1. The van der Waals surface area contributed by atoms with E-state index >= 15 is 0 Å². The molecule has 2 unspecified atom stereocenters. The SMILES string of the molecule is CC12CCCN1CC(c1nn[nH]n1)OC2. The molecule has 15 heavy (non-hydrogen) atoms. The summed E-state index contributed by atoms with van der Waals surface area (Å²) in [6.45, 7) is 5.09. The Balaban J connectivity index is 1.77. The highest BCUT2D eigenvalue weighted by atomic mass is 16.5. The minimum absolute atomic E-state index is 0.0186. The summed E-state index contributed by atoms with van der Waals surface area (Å²) in [5.74, 6) is 0.670. The summed E-state index contributed by atoms with van der Waals surface area (Å²) in [6, 6.07) is 0. The third kappa shape index (κ3) is 1.44. The molecule has 0 amide bonds. The number of ether oxygens (including phenoxy) is 1. The van der Waals surface area contributed by atoms with E-state index in [2.05, 4.69) is 32.4 Å². The van der Waals surface area contributed by atoms with Gasteiger partial charge < -0.3 is 4.74 Å². The van der Waals surface area contributed by atoms with Crippen LogP contribution in [0.15, 0.2) is 0 Å². The van der Waals surface area contributed by atoms with Gasteiger partial charge in [-0.2, -0.15) is 5.21 Å². The molecule has 0 aromatic carbocycles. The first-order chi connectivity index (χ1) is 7.28. The van der Waals surface area contributed by atoms with Gasteiger partial charge >= 0.3 is 0 Å². The number of nitrogens with one attached hydrogen (secondary N) is 1. The molecule has 2 aliphatic rings. The normalized spacial score (nSPS) is 36.7. The zero-order valence-corrected chi connectivity index (χ0v) is 8.81. The standard InChI is InChI=1S/C9H15N5O/c1-9-3-2-4-14(9)5-7(15-6-9)8-10-12-13-11-8/h7H,2-6H2,1H3,(H,10,11,12,13). The molecule has 6 heteroatoms. The van der Waals surface area contributed by atoms with Crippen molar-refractivity contribution in [3.8, 4) is 0 Å². The lowest BCUT2D eigenvalue weighted by atomic mass is 9.98. The van der Waals surface area contributed by atoms with Crippen LogP contribution in [0.4, 0.5) is 0 Å². The minimum Gasteiger partial charge on any atom is -0.367 e. The summed E-state index contributed by atoms with van der Waals surface area (Å²) < 4.78 is 5.81. The Morgan fingerprint density at radius 1 is 1.60 bits per heavy atom. The van der Waals surface area contributed by atoms with Gasteiger partial charge in [-0.05, 0) is 26.3 Å². The van der Waals surface area contributed by atoms with Crippen molar-refractivity contribution in [1.29, 1.82) is 0 Å². The summed E-state index contributed by atoms with van der Waals surface area (Å²) in [4.78, 5) is 2.48. The van der Waals surface area contributed by atoms with E-state index in [1.165, 1.54) is 12.8 Å². The quantitative estimate of drug-likeness (QED) is 0.712. The van der Waals surface area contributed by atoms with Gasteiger partial charge in [-0.1, -0.05) is 5.21 Å². The second kappa shape index (κ2) is 3.24. The molecule has 3 rings (SSSR count). The Morgan fingerprint density at radius 3 is 3.33 bits per heavy atom. The van der Waals surface area contributed by atoms with E-state index in [-0.39, 0.29) is 11.6 Å². The number of nitrogens with zero attached hydrogens (tertiary/aromatic N) is 4. The van der Waals surface area contributed by atoms with Crippen molar-refractivity contribution in [3.63, 3.8) is 0 Å². The fourth-order valence-corrected chi connectivity index (χ4v) is 2.55. The van der Waals surface area contributed by atoms with Gasteiger partial charge in [0.15, 0.2) is 0 Å². The molecule has 3 heterocycles. The number of morpholine rings is 1. The lowest BCUT2D eigenvalue weighted by Gasteiger charge is -2.41. The van der Waals surface area contributed by atoms with Gasteiger partial charge in [-0.15, -0.1) is 10.2 Å². The summed E-state index contributed by atoms with van der Waals surface area (Å²) in [5, 5.41) is 14.0. The molecule has 0 saturated carbocycles. The monoisotopic (exact) mass is 209 g/mol. The Hall–Kier alpha value is -1.01. The number of fused-ring (bicyclic) bond motifs is 1. The van der Waals surface area contributed by atoms with Crippen LogP contribution < -0.4 is 0 Å². The Morgan fingerprint density at radius 2 is 2.53 bits per heavy atom. The average molecular weight is 209 g/mol. The molecule has 2 atom stereocenters. The van der Waals surface area contributed by atoms with Gasteiger partial charge in [-0.3, -0.25) is 4.90 Å². The lowest BCUT2D eigenvalue weighted by Crippen LogP contribution is -2.51. The number of aromatic nitrogens is 4. The van der Waals surface area contributed by atoms with E-state index in [0.29, 0.717) is 5.82 Å². The van der Waals surface area contributed by atoms with Crippen LogP contribution in [0.2, 0.25) is 0 Å². The van der Waals surface area contributed by atoms with Crippen LogP contribution in [0.1, 0.15) is 31.7 Å². The maximum Gasteiger partial charge on any atom is 0.204 e. The molecule has 1 N–H and O–H groups in total. The lowest BCUT2D eigenvalue weighted by molar-refractivity contribution is -0.0929. The van der Waals surface area contributed by atoms with Gasteiger partial charge in [0.1, 0.15) is 6.10 Å². The molecule has 2 fully saturated rings. The van der Waals surface area contributed by atoms with Crippen LogP contribution in [0.5, 0.6) is 0 Å². The largest absolute Gasteiger partial charge is 0.367 e. The van der Waals surface area contributed by atoms with E-state index in [9.17, 15) is 0 Å². The number of rotatable bonds is 1. The van der Waals surface area contributed by atoms with Crippen LogP contribution >= 0.6 is 0 Å². The third-order valence-electron chi connectivity index (χ3n) is 3.54. The van der Waals surface area contributed by atoms with E-state index in [1.807, 2.05) is 0 Å². The molecule has 0 radical (unpaired) electrons. The Bertz CT molecular complexity index is 340. The van der Waals surface area contributed by atoms with Crippen LogP contribution in [-0.2, 0) is 4.74 Å². The predicted molar refractivity (Wildman–Crippen MR) is 52.1 cm³/mol. The Kier molecular flexibility index (Phi) is 2.00. The van der Waals surface area contributed by atoms with Gasteiger partial charge in [0.05, 0.1) is 6.61 Å². The topological polar surface area (TPSA) is 66.9 Å². The van der Waals surface area contributed by atoms with Crippen molar-refractivity contribution in [2.45, 2.75) is 31.4 Å². The highest BCUT2D eigenvalue weighted by Crippen LogP contribution is 2.36. The smallest absolute Gasteiger partial charge is 0.204 e. The maximum atomic E-state index is 5.81. The van der Waals surface area contributed by atoms with Crippen molar-refractivity contribution < 1.29 is 4.74 Å². The molecule has 0 aliphatic carbocycles. The second-order valence-corrected chi connectivity index (χ2v) is 4.62. The number of hydrogen-bond acceptors (Lipinski definition) is 5. The highest BCUT2D eigenvalue weighted by molar-refractivity contribution is 4.99. The number of hydrogen-bond donors (Lipinski definition) is 1. The molecular weight excluding hydrogens is 194 g/mol. The van der Waals surface area contributed by atoms with Crippen molar-refractivity contribution >= 4 is 0 Å². The maximum absolute atomic E-state index is 5.81. The van der Waals surface area contributed by atoms with Crippen LogP contribution in [-0.4, -0.2) is 50.8 Å². The molecule has 6 nitrogen and oxygen atoms in total. The average Bonchev–Trinajstić information content (AvgIpc) is 2.83. The van der Waals surface area contributed by atoms with E-state index in [1.54, 1.807) is 0 Å². The molecule has 0 bridgehead atoms. The molecule has 2 aliphatic heterocycles. The first-order valence-corrected chi connectivity index (χ1v) is 5.38. The van der Waals surface area contributed by atoms with Gasteiger partial charge in [0, 0.05) is 12.1 Å². The summed E-state index contributed by atoms with van der Waals surface area (Å²) >= 11 is 0. The number of tetrazole rings is 1. The van der Waals surface area contributed by atoms with Crippen LogP contribution in [0.3, 0.4) is 0 Å². The van der Waals surface area contributed by atoms with Gasteiger partial charge in [0.25, 0.3) is 0 Å². The third-order valence-corrected chi connectivity index (χ3v) is 3.54. The van der Waals surface area contributed by atoms with Crippen molar-refractivity contribution in [2.24, 2.45) is 0 Å². The zero-order chi connectivity index (χ0) is 10.3. The van der Waals surface area contributed by atoms with Crippen molar-refractivity contribution in [3.05, 3.63) is 5.82 Å². The van der Waals surface area contributed by atoms with Gasteiger partial charge in [-0.25, -0.2) is 0 Å². The first kappa shape index (κ1) is 9.23. The van der Waals surface area contributed by atoms with Crippen LogP contribution in [0, 0.1) is 0 Å². The summed E-state index contributed by atoms with van der Waals surface area (Å²) in [6.07, 6.45) is 2.47. The summed E-state index contributed by atoms with van der Waals surface area (Å²) in [7, 11) is 0. The first-order valence-electron chi connectivity index (χ1n) is 5.38.